The molecule has 1 aliphatic rings. The van der Waals surface area contributed by atoms with Crippen LogP contribution in [0.4, 0.5) is 5.69 Å². The standard InChI is InChI=1S/C14H24N4O/c1-8(2)12-11(15)13(18-17-12)14(19)16-10-6-4-9(3)5-7-10/h8-10H,4-7,15H2,1-3H3,(H,16,19)(H,17,18). The average molecular weight is 264 g/mol. The molecule has 19 heavy (non-hydrogen) atoms. The molecule has 5 heteroatoms. The van der Waals surface area contributed by atoms with E-state index in [0.717, 1.165) is 24.5 Å². The van der Waals surface area contributed by atoms with Crippen LogP contribution in [0, 0.1) is 5.92 Å². The zero-order chi connectivity index (χ0) is 14.0. The predicted molar refractivity (Wildman–Crippen MR) is 76.0 cm³/mol. The normalized spacial score (nSPS) is 23.6. The van der Waals surface area contributed by atoms with Crippen molar-refractivity contribution in [3.8, 4) is 0 Å². The zero-order valence-electron chi connectivity index (χ0n) is 12.0. The van der Waals surface area contributed by atoms with Gasteiger partial charge in [0.2, 0.25) is 0 Å². The number of nitrogens with two attached hydrogens (primary N) is 1. The smallest absolute Gasteiger partial charge is 0.274 e. The highest BCUT2D eigenvalue weighted by atomic mass is 16.2. The van der Waals surface area contributed by atoms with Crippen LogP contribution in [0.3, 0.4) is 0 Å². The molecule has 1 fully saturated rings. The van der Waals surface area contributed by atoms with Crippen molar-refractivity contribution >= 4 is 11.6 Å². The van der Waals surface area contributed by atoms with Crippen molar-refractivity contribution in [1.82, 2.24) is 15.5 Å². The Morgan fingerprint density at radius 1 is 1.37 bits per heavy atom. The number of carbonyl (C=O) groups excluding carboxylic acids is 1. The number of nitrogens with zero attached hydrogens (tertiary/aromatic N) is 1. The van der Waals surface area contributed by atoms with Gasteiger partial charge in [-0.1, -0.05) is 20.8 Å². The van der Waals surface area contributed by atoms with Gasteiger partial charge in [-0.05, 0) is 37.5 Å². The van der Waals surface area contributed by atoms with Crippen LogP contribution in [0.1, 0.15) is 68.6 Å². The summed E-state index contributed by atoms with van der Waals surface area (Å²) in [5, 5.41) is 9.97. The Bertz CT molecular complexity index is 444. The average Bonchev–Trinajstić information content (AvgIpc) is 2.74. The van der Waals surface area contributed by atoms with Crippen LogP contribution >= 0.6 is 0 Å². The first-order valence-electron chi connectivity index (χ1n) is 7.13. The van der Waals surface area contributed by atoms with Gasteiger partial charge in [0.15, 0.2) is 5.69 Å². The number of H-pyrrole nitrogens is 1. The van der Waals surface area contributed by atoms with E-state index in [0.29, 0.717) is 11.4 Å². The maximum atomic E-state index is 12.2. The first-order chi connectivity index (χ1) is 8.99. The Labute approximate surface area is 114 Å². The van der Waals surface area contributed by atoms with Gasteiger partial charge in [0.1, 0.15) is 0 Å². The topological polar surface area (TPSA) is 83.8 Å². The van der Waals surface area contributed by atoms with Gasteiger partial charge < -0.3 is 11.1 Å². The fourth-order valence-corrected chi connectivity index (χ4v) is 2.64. The lowest BCUT2D eigenvalue weighted by atomic mass is 9.87. The number of nitrogen functional groups attached to an aromatic ring is 1. The number of hydrogen-bond donors (Lipinski definition) is 3. The quantitative estimate of drug-likeness (QED) is 0.784. The van der Waals surface area contributed by atoms with Crippen LogP contribution in [-0.4, -0.2) is 22.1 Å². The number of rotatable bonds is 3. The molecule has 0 saturated heterocycles. The van der Waals surface area contributed by atoms with E-state index >= 15 is 0 Å². The first-order valence-corrected chi connectivity index (χ1v) is 7.13. The zero-order valence-corrected chi connectivity index (χ0v) is 12.0. The lowest BCUT2D eigenvalue weighted by Crippen LogP contribution is -2.37. The summed E-state index contributed by atoms with van der Waals surface area (Å²) in [5.74, 6) is 0.862. The highest BCUT2D eigenvalue weighted by Gasteiger charge is 2.23. The van der Waals surface area contributed by atoms with Crippen LogP contribution in [0.2, 0.25) is 0 Å². The lowest BCUT2D eigenvalue weighted by Gasteiger charge is -2.26. The molecule has 1 heterocycles. The van der Waals surface area contributed by atoms with Crippen LogP contribution in [-0.2, 0) is 0 Å². The van der Waals surface area contributed by atoms with Gasteiger partial charge in [0.25, 0.3) is 5.91 Å². The summed E-state index contributed by atoms with van der Waals surface area (Å²) in [5.41, 5.74) is 7.63. The van der Waals surface area contributed by atoms with Gasteiger partial charge in [-0.3, -0.25) is 9.89 Å². The lowest BCUT2D eigenvalue weighted by molar-refractivity contribution is 0.0919. The Morgan fingerprint density at radius 3 is 2.53 bits per heavy atom. The second kappa shape index (κ2) is 5.63. The number of hydrogen-bond acceptors (Lipinski definition) is 3. The third-order valence-corrected chi connectivity index (χ3v) is 3.98. The fourth-order valence-electron chi connectivity index (χ4n) is 2.64. The van der Waals surface area contributed by atoms with Crippen molar-refractivity contribution in [2.24, 2.45) is 5.92 Å². The van der Waals surface area contributed by atoms with Crippen molar-refractivity contribution in [2.45, 2.75) is 58.4 Å². The fraction of sp³-hybridized carbons (Fsp3) is 0.714. The summed E-state index contributed by atoms with van der Waals surface area (Å²) in [4.78, 5) is 12.2. The molecular formula is C14H24N4O. The molecule has 106 valence electrons. The van der Waals surface area contributed by atoms with Crippen molar-refractivity contribution in [1.29, 1.82) is 0 Å². The maximum Gasteiger partial charge on any atom is 0.274 e. The van der Waals surface area contributed by atoms with E-state index < -0.39 is 0 Å². The number of amides is 1. The second-order valence-corrected chi connectivity index (χ2v) is 5.98. The minimum absolute atomic E-state index is 0.153. The van der Waals surface area contributed by atoms with Gasteiger partial charge in [-0.25, -0.2) is 0 Å². The molecule has 1 aromatic heterocycles. The Kier molecular flexibility index (Phi) is 4.12. The summed E-state index contributed by atoms with van der Waals surface area (Å²) < 4.78 is 0. The minimum atomic E-state index is -0.153. The summed E-state index contributed by atoms with van der Waals surface area (Å²) in [6.45, 7) is 6.31. The molecule has 0 bridgehead atoms. The molecule has 1 saturated carbocycles. The van der Waals surface area contributed by atoms with E-state index in [1.807, 2.05) is 13.8 Å². The van der Waals surface area contributed by atoms with Gasteiger partial charge in [-0.2, -0.15) is 5.10 Å². The molecular weight excluding hydrogens is 240 g/mol. The second-order valence-electron chi connectivity index (χ2n) is 5.98. The molecule has 4 N–H and O–H groups in total. The summed E-state index contributed by atoms with van der Waals surface area (Å²) in [6.07, 6.45) is 4.46. The minimum Gasteiger partial charge on any atom is -0.395 e. The SMILES string of the molecule is CC1CCC(NC(=O)c2n[nH]c(C(C)C)c2N)CC1. The van der Waals surface area contributed by atoms with Crippen LogP contribution < -0.4 is 11.1 Å². The van der Waals surface area contributed by atoms with E-state index in [-0.39, 0.29) is 17.9 Å². The van der Waals surface area contributed by atoms with Gasteiger partial charge in [0, 0.05) is 6.04 Å². The molecule has 1 aliphatic carbocycles. The summed E-state index contributed by atoms with van der Waals surface area (Å²) >= 11 is 0. The maximum absolute atomic E-state index is 12.2. The van der Waals surface area contributed by atoms with Crippen molar-refractivity contribution in [2.75, 3.05) is 5.73 Å². The Hall–Kier alpha value is -1.52. The Morgan fingerprint density at radius 2 is 2.00 bits per heavy atom. The van der Waals surface area contributed by atoms with E-state index in [1.165, 1.54) is 12.8 Å². The van der Waals surface area contributed by atoms with E-state index in [1.54, 1.807) is 0 Å². The monoisotopic (exact) mass is 264 g/mol. The molecule has 0 aliphatic heterocycles. The largest absolute Gasteiger partial charge is 0.395 e. The molecule has 0 radical (unpaired) electrons. The molecule has 2 rings (SSSR count). The number of carbonyl (C=O) groups is 1. The third kappa shape index (κ3) is 3.08. The van der Waals surface area contributed by atoms with Gasteiger partial charge in [-0.15, -0.1) is 0 Å². The summed E-state index contributed by atoms with van der Waals surface area (Å²) in [6, 6.07) is 0.266. The van der Waals surface area contributed by atoms with Crippen LogP contribution in [0.15, 0.2) is 0 Å². The third-order valence-electron chi connectivity index (χ3n) is 3.98. The molecule has 0 spiro atoms. The summed E-state index contributed by atoms with van der Waals surface area (Å²) in [7, 11) is 0. The predicted octanol–water partition coefficient (Wildman–Crippen LogP) is 2.42. The number of anilines is 1. The highest BCUT2D eigenvalue weighted by Crippen LogP contribution is 2.25. The van der Waals surface area contributed by atoms with E-state index in [2.05, 4.69) is 22.4 Å². The molecule has 5 nitrogen and oxygen atoms in total. The van der Waals surface area contributed by atoms with E-state index in [4.69, 9.17) is 5.73 Å². The number of aromatic nitrogens is 2. The van der Waals surface area contributed by atoms with Crippen LogP contribution in [0.25, 0.3) is 0 Å². The number of nitrogens with one attached hydrogen (secondary N) is 2. The molecule has 1 aromatic rings. The number of aromatic amines is 1. The highest BCUT2D eigenvalue weighted by molar-refractivity contribution is 5.97. The first kappa shape index (κ1) is 13.9. The van der Waals surface area contributed by atoms with E-state index in [9.17, 15) is 4.79 Å². The molecule has 0 aromatic carbocycles. The molecule has 0 atom stereocenters. The van der Waals surface area contributed by atoms with Crippen molar-refractivity contribution in [3.63, 3.8) is 0 Å². The van der Waals surface area contributed by atoms with Gasteiger partial charge >= 0.3 is 0 Å². The Balaban J connectivity index is 2.00. The van der Waals surface area contributed by atoms with Gasteiger partial charge in [0.05, 0.1) is 11.4 Å². The van der Waals surface area contributed by atoms with Crippen molar-refractivity contribution in [3.05, 3.63) is 11.4 Å². The molecule has 1 amide bonds. The molecule has 0 unspecified atom stereocenters. The van der Waals surface area contributed by atoms with Crippen LogP contribution in [0.5, 0.6) is 0 Å². The van der Waals surface area contributed by atoms with Crippen molar-refractivity contribution < 1.29 is 4.79 Å².